The van der Waals surface area contributed by atoms with Gasteiger partial charge in [-0.05, 0) is 54.4 Å². The second-order valence-electron chi connectivity index (χ2n) is 12.6. The van der Waals surface area contributed by atoms with Gasteiger partial charge in [-0.2, -0.15) is 0 Å². The molecule has 0 aliphatic heterocycles. The van der Waals surface area contributed by atoms with Crippen molar-refractivity contribution in [2.45, 2.75) is 113 Å². The first-order chi connectivity index (χ1) is 15.7. The largest absolute Gasteiger partial charge is 0.422 e. The third kappa shape index (κ3) is 4.54. The minimum atomic E-state index is -0.293. The van der Waals surface area contributed by atoms with Crippen LogP contribution < -0.4 is 9.47 Å². The maximum atomic E-state index is 13.0. The maximum absolute atomic E-state index is 13.0. The molecule has 0 spiro atoms. The highest BCUT2D eigenvalue weighted by atomic mass is 16.6. The van der Waals surface area contributed by atoms with Crippen molar-refractivity contribution in [2.75, 3.05) is 0 Å². The topological polar surface area (TPSA) is 52.6 Å². The molecule has 1 aromatic carbocycles. The zero-order valence-electron chi connectivity index (χ0n) is 23.1. The Morgan fingerprint density at radius 3 is 1.94 bits per heavy atom. The molecule has 0 radical (unpaired) electrons. The van der Waals surface area contributed by atoms with Crippen molar-refractivity contribution >= 4 is 11.9 Å². The Morgan fingerprint density at radius 2 is 1.44 bits per heavy atom. The van der Waals surface area contributed by atoms with Gasteiger partial charge in [-0.3, -0.25) is 9.59 Å². The zero-order valence-corrected chi connectivity index (χ0v) is 23.1. The number of hydrogen-bond acceptors (Lipinski definition) is 4. The number of hydrogen-bond donors (Lipinski definition) is 0. The fraction of sp³-hybridized carbons (Fsp3) is 0.733. The number of benzene rings is 1. The van der Waals surface area contributed by atoms with Crippen molar-refractivity contribution in [3.63, 3.8) is 0 Å². The molecule has 0 bridgehead atoms. The quantitative estimate of drug-likeness (QED) is 0.317. The number of aryl methyl sites for hydroxylation is 1. The monoisotopic (exact) mass is 470 g/mol. The molecule has 190 valence electrons. The van der Waals surface area contributed by atoms with Gasteiger partial charge in [-0.15, -0.1) is 0 Å². The first-order valence-corrected chi connectivity index (χ1v) is 13.4. The van der Waals surface area contributed by atoms with E-state index in [1.165, 1.54) is 12.0 Å². The molecule has 0 saturated heterocycles. The molecule has 2 aliphatic carbocycles. The summed E-state index contributed by atoms with van der Waals surface area (Å²) in [7, 11) is 0. The number of rotatable bonds is 6. The lowest BCUT2D eigenvalue weighted by Crippen LogP contribution is -2.53. The Morgan fingerprint density at radius 1 is 0.882 bits per heavy atom. The third-order valence-corrected chi connectivity index (χ3v) is 8.49. The van der Waals surface area contributed by atoms with Gasteiger partial charge in [0.05, 0.1) is 11.8 Å². The molecule has 0 aromatic heterocycles. The summed E-state index contributed by atoms with van der Waals surface area (Å²) in [6.45, 7) is 21.0. The van der Waals surface area contributed by atoms with Crippen LogP contribution in [0.4, 0.5) is 0 Å². The Hall–Kier alpha value is -1.84. The van der Waals surface area contributed by atoms with E-state index in [0.29, 0.717) is 23.3 Å². The third-order valence-electron chi connectivity index (χ3n) is 8.49. The van der Waals surface area contributed by atoms with Gasteiger partial charge in [0.15, 0.2) is 11.5 Å². The summed E-state index contributed by atoms with van der Waals surface area (Å²) in [6.07, 6.45) is 5.52. The Kier molecular flexibility index (Phi) is 7.60. The molecule has 2 atom stereocenters. The summed E-state index contributed by atoms with van der Waals surface area (Å²) >= 11 is 0. The minimum Gasteiger partial charge on any atom is -0.422 e. The van der Waals surface area contributed by atoms with Crippen molar-refractivity contribution < 1.29 is 19.1 Å². The van der Waals surface area contributed by atoms with Gasteiger partial charge in [-0.25, -0.2) is 0 Å². The van der Waals surface area contributed by atoms with Gasteiger partial charge in [0, 0.05) is 16.5 Å². The molecule has 0 N–H and O–H groups in total. The Bertz CT molecular complexity index is 938. The van der Waals surface area contributed by atoms with E-state index < -0.39 is 0 Å². The minimum absolute atomic E-state index is 0.115. The number of ether oxygens (including phenoxy) is 2. The lowest BCUT2D eigenvalue weighted by atomic mass is 9.46. The average Bonchev–Trinajstić information content (AvgIpc) is 2.73. The molecule has 0 heterocycles. The van der Waals surface area contributed by atoms with Crippen molar-refractivity contribution in [3.05, 3.63) is 22.8 Å². The van der Waals surface area contributed by atoms with Crippen LogP contribution in [0, 0.1) is 29.1 Å². The Balaban J connectivity index is 2.40. The summed E-state index contributed by atoms with van der Waals surface area (Å²) in [5.74, 6) is 0.847. The van der Waals surface area contributed by atoms with Crippen LogP contribution in [0.2, 0.25) is 0 Å². The highest BCUT2D eigenvalue weighted by Gasteiger charge is 2.56. The number of esters is 2. The van der Waals surface area contributed by atoms with E-state index in [-0.39, 0.29) is 40.5 Å². The predicted octanol–water partition coefficient (Wildman–Crippen LogP) is 7.60. The van der Waals surface area contributed by atoms with E-state index in [4.69, 9.17) is 9.47 Å². The summed E-state index contributed by atoms with van der Waals surface area (Å²) in [5, 5.41) is 0. The van der Waals surface area contributed by atoms with Crippen molar-refractivity contribution in [3.8, 4) is 11.5 Å². The Labute approximate surface area is 207 Å². The van der Waals surface area contributed by atoms with E-state index in [1.807, 2.05) is 27.7 Å². The fourth-order valence-electron chi connectivity index (χ4n) is 6.60. The van der Waals surface area contributed by atoms with Gasteiger partial charge in [0.25, 0.3) is 0 Å². The first kappa shape index (κ1) is 26.8. The molecule has 1 fully saturated rings. The summed E-state index contributed by atoms with van der Waals surface area (Å²) in [4.78, 5) is 25.9. The smallest absolute Gasteiger partial charge is 0.313 e. The molecule has 4 nitrogen and oxygen atoms in total. The number of carbonyl (C=O) groups excluding carboxylic acids is 2. The van der Waals surface area contributed by atoms with E-state index in [1.54, 1.807) is 0 Å². The standard InChI is InChI=1S/C30H46O4/c1-17(2)22-16-21-12-13-23-29(9,10)14-11-15-30(23,20(7)8)24(21)26(34-28(32)19(5)6)25(22)33-27(31)18(3)4/h16-20,23H,11-15H2,1-10H3/t23-,30+/m0/s1. The fourth-order valence-corrected chi connectivity index (χ4v) is 6.60. The molecule has 34 heavy (non-hydrogen) atoms. The molecule has 3 rings (SSSR count). The van der Waals surface area contributed by atoms with Crippen LogP contribution in [0.5, 0.6) is 11.5 Å². The lowest BCUT2D eigenvalue weighted by molar-refractivity contribution is -0.140. The highest BCUT2D eigenvalue weighted by molar-refractivity contribution is 5.80. The van der Waals surface area contributed by atoms with E-state index in [9.17, 15) is 9.59 Å². The average molecular weight is 471 g/mol. The molecule has 0 unspecified atom stereocenters. The van der Waals surface area contributed by atoms with Crippen LogP contribution in [0.25, 0.3) is 0 Å². The SMILES string of the molecule is CC(C)C(=O)Oc1c(C(C)C)cc2c(c1OC(=O)C(C)C)[C@@]1(C(C)C)CCCC(C)(C)[C@@H]1CC2. The van der Waals surface area contributed by atoms with Gasteiger partial charge >= 0.3 is 11.9 Å². The van der Waals surface area contributed by atoms with E-state index in [0.717, 1.165) is 36.8 Å². The summed E-state index contributed by atoms with van der Waals surface area (Å²) < 4.78 is 12.3. The normalized spacial score (nSPS) is 23.8. The van der Waals surface area contributed by atoms with Gasteiger partial charge in [-0.1, -0.05) is 81.7 Å². The van der Waals surface area contributed by atoms with Gasteiger partial charge in [0.1, 0.15) is 0 Å². The molecular formula is C30H46O4. The molecular weight excluding hydrogens is 424 g/mol. The first-order valence-electron chi connectivity index (χ1n) is 13.4. The van der Waals surface area contributed by atoms with Crippen LogP contribution in [-0.2, 0) is 21.4 Å². The van der Waals surface area contributed by atoms with Crippen molar-refractivity contribution in [1.29, 1.82) is 0 Å². The van der Waals surface area contributed by atoms with Crippen molar-refractivity contribution in [2.24, 2.45) is 29.1 Å². The second-order valence-corrected chi connectivity index (χ2v) is 12.6. The summed E-state index contributed by atoms with van der Waals surface area (Å²) in [5.41, 5.74) is 3.44. The molecule has 2 aliphatic rings. The molecule has 1 saturated carbocycles. The highest BCUT2D eigenvalue weighted by Crippen LogP contribution is 2.63. The second kappa shape index (κ2) is 9.66. The van der Waals surface area contributed by atoms with Gasteiger partial charge < -0.3 is 9.47 Å². The van der Waals surface area contributed by atoms with E-state index >= 15 is 0 Å². The molecule has 4 heteroatoms. The summed E-state index contributed by atoms with van der Waals surface area (Å²) in [6, 6.07) is 2.25. The van der Waals surface area contributed by atoms with Crippen LogP contribution in [0.3, 0.4) is 0 Å². The zero-order chi connectivity index (χ0) is 25.6. The van der Waals surface area contributed by atoms with Crippen LogP contribution in [0.1, 0.15) is 118 Å². The molecule has 1 aromatic rings. The van der Waals surface area contributed by atoms with Crippen LogP contribution >= 0.6 is 0 Å². The maximum Gasteiger partial charge on any atom is 0.313 e. The number of fused-ring (bicyclic) bond motifs is 3. The predicted molar refractivity (Wildman–Crippen MR) is 137 cm³/mol. The van der Waals surface area contributed by atoms with Gasteiger partial charge in [0.2, 0.25) is 0 Å². The lowest BCUT2D eigenvalue weighted by Gasteiger charge is -2.58. The van der Waals surface area contributed by atoms with Crippen LogP contribution in [0.15, 0.2) is 6.07 Å². The van der Waals surface area contributed by atoms with E-state index in [2.05, 4.69) is 47.6 Å². The van der Waals surface area contributed by atoms with Crippen LogP contribution in [-0.4, -0.2) is 11.9 Å². The number of carbonyl (C=O) groups is 2. The van der Waals surface area contributed by atoms with Crippen molar-refractivity contribution in [1.82, 2.24) is 0 Å². The molecule has 0 amide bonds.